The van der Waals surface area contributed by atoms with Crippen molar-refractivity contribution in [3.8, 4) is 16.9 Å². The second kappa shape index (κ2) is 7.44. The lowest BCUT2D eigenvalue weighted by atomic mass is 10.0. The summed E-state index contributed by atoms with van der Waals surface area (Å²) in [4.78, 5) is 11.3. The Morgan fingerprint density at radius 1 is 0.867 bits per heavy atom. The lowest BCUT2D eigenvalue weighted by Crippen LogP contribution is -2.04. The summed E-state index contributed by atoms with van der Waals surface area (Å²) >= 11 is 0. The van der Waals surface area contributed by atoms with Crippen molar-refractivity contribution in [2.24, 2.45) is 0 Å². The Kier molecular flexibility index (Phi) is 4.48. The third kappa shape index (κ3) is 3.31. The van der Waals surface area contributed by atoms with Crippen molar-refractivity contribution < 1.29 is 23.5 Å². The third-order valence-corrected chi connectivity index (χ3v) is 5.08. The SMILES string of the molecule is O=C(O)Cc1ccc2ccoc2c1OCc1cc(-c2ccccc2)c2occc2c1. The van der Waals surface area contributed by atoms with E-state index < -0.39 is 5.97 Å². The largest absolute Gasteiger partial charge is 0.485 e. The minimum absolute atomic E-state index is 0.137. The van der Waals surface area contributed by atoms with Crippen LogP contribution in [0.5, 0.6) is 5.75 Å². The molecule has 0 aliphatic carbocycles. The number of hydrogen-bond donors (Lipinski definition) is 1. The van der Waals surface area contributed by atoms with Gasteiger partial charge >= 0.3 is 5.97 Å². The first-order chi connectivity index (χ1) is 14.7. The Balaban J connectivity index is 1.53. The van der Waals surface area contributed by atoms with Crippen LogP contribution in [0.15, 0.2) is 88.1 Å². The van der Waals surface area contributed by atoms with Crippen LogP contribution in [0, 0.1) is 0 Å². The Morgan fingerprint density at radius 3 is 2.43 bits per heavy atom. The van der Waals surface area contributed by atoms with Crippen LogP contribution in [0.2, 0.25) is 0 Å². The van der Waals surface area contributed by atoms with Gasteiger partial charge in [0, 0.05) is 21.9 Å². The quantitative estimate of drug-likeness (QED) is 0.377. The summed E-state index contributed by atoms with van der Waals surface area (Å²) in [7, 11) is 0. The van der Waals surface area contributed by atoms with Crippen molar-refractivity contribution in [2.75, 3.05) is 0 Å². The maximum Gasteiger partial charge on any atom is 0.307 e. The number of carboxylic acid groups (broad SMARTS) is 1. The van der Waals surface area contributed by atoms with E-state index in [9.17, 15) is 9.90 Å². The van der Waals surface area contributed by atoms with Crippen molar-refractivity contribution in [3.63, 3.8) is 0 Å². The van der Waals surface area contributed by atoms with Crippen molar-refractivity contribution >= 4 is 27.9 Å². The predicted octanol–water partition coefficient (Wildman–Crippen LogP) is 6.05. The Morgan fingerprint density at radius 2 is 1.63 bits per heavy atom. The van der Waals surface area contributed by atoms with Crippen LogP contribution in [-0.2, 0) is 17.8 Å². The fourth-order valence-electron chi connectivity index (χ4n) is 3.72. The van der Waals surface area contributed by atoms with Crippen LogP contribution in [-0.4, -0.2) is 11.1 Å². The molecule has 30 heavy (non-hydrogen) atoms. The average molecular weight is 398 g/mol. The van der Waals surface area contributed by atoms with Crippen molar-refractivity contribution in [1.29, 1.82) is 0 Å². The second-order valence-electron chi connectivity index (χ2n) is 7.10. The van der Waals surface area contributed by atoms with E-state index in [1.807, 2.05) is 60.7 Å². The molecule has 2 aromatic heterocycles. The summed E-state index contributed by atoms with van der Waals surface area (Å²) in [5.74, 6) is -0.453. The summed E-state index contributed by atoms with van der Waals surface area (Å²) in [6, 6.07) is 21.5. The smallest absolute Gasteiger partial charge is 0.307 e. The molecular formula is C25H18O5. The van der Waals surface area contributed by atoms with Gasteiger partial charge in [-0.2, -0.15) is 0 Å². The monoisotopic (exact) mass is 398 g/mol. The van der Waals surface area contributed by atoms with Gasteiger partial charge in [0.15, 0.2) is 11.3 Å². The van der Waals surface area contributed by atoms with E-state index >= 15 is 0 Å². The normalized spacial score (nSPS) is 11.2. The molecule has 0 spiro atoms. The van der Waals surface area contributed by atoms with Crippen LogP contribution in [0.4, 0.5) is 0 Å². The molecule has 0 fully saturated rings. The number of furan rings is 2. The highest BCUT2D eigenvalue weighted by Crippen LogP contribution is 2.34. The Bertz CT molecular complexity index is 1340. The van der Waals surface area contributed by atoms with Gasteiger partial charge in [-0.15, -0.1) is 0 Å². The highest BCUT2D eigenvalue weighted by molar-refractivity contribution is 5.93. The van der Waals surface area contributed by atoms with Gasteiger partial charge in [0.25, 0.3) is 0 Å². The summed E-state index contributed by atoms with van der Waals surface area (Å²) in [5, 5.41) is 11.1. The highest BCUT2D eigenvalue weighted by Gasteiger charge is 2.16. The van der Waals surface area contributed by atoms with Gasteiger partial charge in [0.2, 0.25) is 0 Å². The fraction of sp³-hybridized carbons (Fsp3) is 0.0800. The van der Waals surface area contributed by atoms with Gasteiger partial charge in [0.1, 0.15) is 12.2 Å². The molecule has 5 aromatic rings. The van der Waals surface area contributed by atoms with Crippen molar-refractivity contribution in [1.82, 2.24) is 0 Å². The second-order valence-corrected chi connectivity index (χ2v) is 7.10. The molecule has 5 heteroatoms. The van der Waals surface area contributed by atoms with Gasteiger partial charge in [-0.1, -0.05) is 42.5 Å². The lowest BCUT2D eigenvalue weighted by molar-refractivity contribution is -0.136. The molecule has 0 amide bonds. The van der Waals surface area contributed by atoms with Crippen molar-refractivity contribution in [2.45, 2.75) is 13.0 Å². The molecule has 0 atom stereocenters. The van der Waals surface area contributed by atoms with Crippen LogP contribution in [0.25, 0.3) is 33.1 Å². The van der Waals surface area contributed by atoms with Gasteiger partial charge in [0.05, 0.1) is 18.9 Å². The first-order valence-electron chi connectivity index (χ1n) is 9.58. The van der Waals surface area contributed by atoms with Crippen LogP contribution in [0.3, 0.4) is 0 Å². The van der Waals surface area contributed by atoms with E-state index in [-0.39, 0.29) is 13.0 Å². The number of carbonyl (C=O) groups is 1. The number of rotatable bonds is 6. The average Bonchev–Trinajstić information content (AvgIpc) is 3.42. The molecule has 2 heterocycles. The van der Waals surface area contributed by atoms with Crippen LogP contribution >= 0.6 is 0 Å². The van der Waals surface area contributed by atoms with Crippen LogP contribution < -0.4 is 4.74 Å². The summed E-state index contributed by atoms with van der Waals surface area (Å²) in [5.41, 5.74) is 4.95. The molecular weight excluding hydrogens is 380 g/mol. The van der Waals surface area contributed by atoms with Gasteiger partial charge in [-0.3, -0.25) is 4.79 Å². The van der Waals surface area contributed by atoms with Gasteiger partial charge in [-0.25, -0.2) is 0 Å². The molecule has 5 nitrogen and oxygen atoms in total. The molecule has 148 valence electrons. The molecule has 0 bridgehead atoms. The molecule has 0 saturated heterocycles. The summed E-state index contributed by atoms with van der Waals surface area (Å²) in [6.45, 7) is 0.271. The van der Waals surface area contributed by atoms with Gasteiger partial charge < -0.3 is 18.7 Å². The minimum Gasteiger partial charge on any atom is -0.485 e. The topological polar surface area (TPSA) is 72.8 Å². The maximum absolute atomic E-state index is 11.3. The number of fused-ring (bicyclic) bond motifs is 2. The minimum atomic E-state index is -0.920. The highest BCUT2D eigenvalue weighted by atomic mass is 16.5. The van der Waals surface area contributed by atoms with E-state index in [0.717, 1.165) is 33.0 Å². The standard InChI is InChI=1S/C25H18O5/c26-22(27)14-19-7-6-18-8-10-29-24(18)25(19)30-15-16-12-20-9-11-28-23(20)21(13-16)17-4-2-1-3-5-17/h1-13H,14-15H2,(H,26,27). The molecule has 1 N–H and O–H groups in total. The number of ether oxygens (including phenoxy) is 1. The number of carboxylic acids is 1. The zero-order chi connectivity index (χ0) is 20.5. The number of benzene rings is 3. The molecule has 5 rings (SSSR count). The lowest BCUT2D eigenvalue weighted by Gasteiger charge is -2.12. The zero-order valence-electron chi connectivity index (χ0n) is 16.0. The molecule has 0 aliphatic rings. The first-order valence-corrected chi connectivity index (χ1v) is 9.58. The van der Waals surface area contributed by atoms with E-state index in [2.05, 4.69) is 0 Å². The third-order valence-electron chi connectivity index (χ3n) is 5.08. The molecule has 0 saturated carbocycles. The molecule has 0 unspecified atom stereocenters. The zero-order valence-corrected chi connectivity index (χ0v) is 16.0. The Hall–Kier alpha value is -3.99. The summed E-state index contributed by atoms with van der Waals surface area (Å²) in [6.07, 6.45) is 3.12. The molecule has 0 radical (unpaired) electrons. The summed E-state index contributed by atoms with van der Waals surface area (Å²) < 4.78 is 17.4. The van der Waals surface area contributed by atoms with Crippen LogP contribution in [0.1, 0.15) is 11.1 Å². The number of aliphatic carboxylic acids is 1. The number of hydrogen-bond acceptors (Lipinski definition) is 4. The first kappa shape index (κ1) is 18.1. The molecule has 0 aliphatic heterocycles. The van der Waals surface area contributed by atoms with E-state index in [4.69, 9.17) is 13.6 Å². The van der Waals surface area contributed by atoms with Crippen molar-refractivity contribution in [3.05, 3.63) is 90.4 Å². The van der Waals surface area contributed by atoms with E-state index in [1.165, 1.54) is 0 Å². The maximum atomic E-state index is 11.3. The van der Waals surface area contributed by atoms with Gasteiger partial charge in [-0.05, 0) is 35.4 Å². The fourth-order valence-corrected chi connectivity index (χ4v) is 3.72. The molecule has 3 aromatic carbocycles. The van der Waals surface area contributed by atoms with E-state index in [1.54, 1.807) is 18.6 Å². The Labute approximate surface area is 172 Å². The predicted molar refractivity (Wildman–Crippen MR) is 114 cm³/mol. The van der Waals surface area contributed by atoms with E-state index in [0.29, 0.717) is 16.9 Å².